The molecule has 5 heteroatoms. The summed E-state index contributed by atoms with van der Waals surface area (Å²) in [5.74, 6) is -0.310. The minimum atomic E-state index is -0.757. The quantitative estimate of drug-likeness (QED) is 0.634. The summed E-state index contributed by atoms with van der Waals surface area (Å²) in [6.45, 7) is 9.56. The van der Waals surface area contributed by atoms with Crippen LogP contribution in [0.1, 0.15) is 53.4 Å². The number of hydrogen-bond acceptors (Lipinski definition) is 2. The van der Waals surface area contributed by atoms with E-state index in [0.717, 1.165) is 19.4 Å². The van der Waals surface area contributed by atoms with Crippen molar-refractivity contribution in [3.05, 3.63) is 0 Å². The van der Waals surface area contributed by atoms with E-state index in [1.54, 1.807) is 0 Å². The number of rotatable bonds is 9. The second-order valence-corrected chi connectivity index (χ2v) is 5.58. The summed E-state index contributed by atoms with van der Waals surface area (Å²) >= 11 is 0. The minimum Gasteiger partial charge on any atom is -0.481 e. The van der Waals surface area contributed by atoms with Crippen molar-refractivity contribution in [2.24, 2.45) is 5.92 Å². The number of amides is 2. The molecule has 19 heavy (non-hydrogen) atoms. The number of nitrogens with one attached hydrogen (secondary N) is 1. The number of hydrogen-bond donors (Lipinski definition) is 2. The highest BCUT2D eigenvalue weighted by Crippen LogP contribution is 2.05. The molecule has 0 heterocycles. The average Bonchev–Trinajstić information content (AvgIpc) is 2.29. The summed E-state index contributed by atoms with van der Waals surface area (Å²) < 4.78 is 0. The summed E-state index contributed by atoms with van der Waals surface area (Å²) in [5, 5.41) is 11.4. The molecule has 0 saturated heterocycles. The third-order valence-corrected chi connectivity index (χ3v) is 2.79. The molecular weight excluding hydrogens is 244 g/mol. The Balaban J connectivity index is 3.84. The van der Waals surface area contributed by atoms with Gasteiger partial charge in [0.25, 0.3) is 0 Å². The van der Waals surface area contributed by atoms with E-state index in [4.69, 9.17) is 5.11 Å². The van der Waals surface area contributed by atoms with Crippen molar-refractivity contribution >= 4 is 12.0 Å². The molecule has 0 aromatic rings. The van der Waals surface area contributed by atoms with Gasteiger partial charge in [0.2, 0.25) is 0 Å². The van der Waals surface area contributed by atoms with Gasteiger partial charge in [-0.2, -0.15) is 0 Å². The number of nitrogens with zero attached hydrogens (tertiary/aromatic N) is 1. The van der Waals surface area contributed by atoms with Gasteiger partial charge in [-0.15, -0.1) is 0 Å². The molecule has 0 saturated carbocycles. The van der Waals surface area contributed by atoms with Crippen molar-refractivity contribution in [2.75, 3.05) is 13.1 Å². The van der Waals surface area contributed by atoms with E-state index in [0.29, 0.717) is 18.9 Å². The Morgan fingerprint density at radius 1 is 1.11 bits per heavy atom. The first kappa shape index (κ1) is 17.7. The minimum absolute atomic E-state index is 0.0260. The largest absolute Gasteiger partial charge is 0.481 e. The predicted molar refractivity (Wildman–Crippen MR) is 76.2 cm³/mol. The van der Waals surface area contributed by atoms with Crippen LogP contribution in [0.4, 0.5) is 4.79 Å². The van der Waals surface area contributed by atoms with Gasteiger partial charge in [-0.3, -0.25) is 4.79 Å². The maximum Gasteiger partial charge on any atom is 0.317 e. The molecule has 0 rings (SSSR count). The molecule has 0 unspecified atom stereocenters. The number of carbonyl (C=O) groups excluding carboxylic acids is 1. The fourth-order valence-electron chi connectivity index (χ4n) is 1.80. The third-order valence-electron chi connectivity index (χ3n) is 2.79. The zero-order valence-electron chi connectivity index (χ0n) is 12.6. The molecule has 0 spiro atoms. The Hall–Kier alpha value is -1.26. The summed E-state index contributed by atoms with van der Waals surface area (Å²) in [6, 6.07) is 0.163. The lowest BCUT2D eigenvalue weighted by Crippen LogP contribution is -2.45. The Kier molecular flexibility index (Phi) is 9.00. The fraction of sp³-hybridized carbons (Fsp3) is 0.857. The van der Waals surface area contributed by atoms with Crippen molar-refractivity contribution in [2.45, 2.75) is 59.4 Å². The molecule has 0 bridgehead atoms. The van der Waals surface area contributed by atoms with Crippen LogP contribution in [-0.4, -0.2) is 41.1 Å². The molecule has 0 aromatic heterocycles. The van der Waals surface area contributed by atoms with Gasteiger partial charge in [0, 0.05) is 25.6 Å². The van der Waals surface area contributed by atoms with E-state index in [1.165, 1.54) is 0 Å². The summed E-state index contributed by atoms with van der Waals surface area (Å²) in [7, 11) is 0. The Labute approximate surface area is 116 Å². The Morgan fingerprint density at radius 2 is 1.74 bits per heavy atom. The Morgan fingerprint density at radius 3 is 2.21 bits per heavy atom. The number of unbranched alkanes of at least 4 members (excludes halogenated alkanes) is 2. The summed E-state index contributed by atoms with van der Waals surface area (Å²) in [5.41, 5.74) is 0. The van der Waals surface area contributed by atoms with Crippen LogP contribution >= 0.6 is 0 Å². The van der Waals surface area contributed by atoms with Gasteiger partial charge in [0.1, 0.15) is 0 Å². The van der Waals surface area contributed by atoms with Crippen LogP contribution in [0.2, 0.25) is 0 Å². The highest BCUT2D eigenvalue weighted by atomic mass is 16.4. The molecule has 0 fully saturated rings. The molecule has 112 valence electrons. The van der Waals surface area contributed by atoms with Crippen LogP contribution in [-0.2, 0) is 4.79 Å². The van der Waals surface area contributed by atoms with Gasteiger partial charge in [0.05, 0.1) is 0 Å². The maximum absolute atomic E-state index is 12.0. The van der Waals surface area contributed by atoms with Gasteiger partial charge in [0.15, 0.2) is 0 Å². The molecule has 5 nitrogen and oxygen atoms in total. The molecule has 2 N–H and O–H groups in total. The topological polar surface area (TPSA) is 69.6 Å². The van der Waals surface area contributed by atoms with Crippen LogP contribution in [0, 0.1) is 5.92 Å². The highest BCUT2D eigenvalue weighted by molar-refractivity contribution is 5.74. The van der Waals surface area contributed by atoms with E-state index >= 15 is 0 Å². The van der Waals surface area contributed by atoms with Crippen LogP contribution in [0.15, 0.2) is 0 Å². The number of aliphatic carboxylic acids is 1. The lowest BCUT2D eigenvalue weighted by Gasteiger charge is -2.28. The van der Waals surface area contributed by atoms with Crippen molar-refractivity contribution in [3.8, 4) is 0 Å². The second-order valence-electron chi connectivity index (χ2n) is 5.58. The van der Waals surface area contributed by atoms with Gasteiger partial charge in [-0.05, 0) is 32.6 Å². The lowest BCUT2D eigenvalue weighted by atomic mass is 10.2. The van der Waals surface area contributed by atoms with E-state index in [2.05, 4.69) is 19.2 Å². The zero-order valence-corrected chi connectivity index (χ0v) is 12.6. The first-order valence-electron chi connectivity index (χ1n) is 7.10. The maximum atomic E-state index is 12.0. The molecule has 0 radical (unpaired) electrons. The van der Waals surface area contributed by atoms with E-state index in [9.17, 15) is 9.59 Å². The second kappa shape index (κ2) is 9.64. The van der Waals surface area contributed by atoms with Crippen molar-refractivity contribution in [3.63, 3.8) is 0 Å². The average molecular weight is 272 g/mol. The van der Waals surface area contributed by atoms with Gasteiger partial charge < -0.3 is 15.3 Å². The molecule has 2 amide bonds. The van der Waals surface area contributed by atoms with Gasteiger partial charge in [-0.1, -0.05) is 20.3 Å². The fourth-order valence-corrected chi connectivity index (χ4v) is 1.80. The molecule has 0 aliphatic carbocycles. The smallest absolute Gasteiger partial charge is 0.317 e. The van der Waals surface area contributed by atoms with Crippen molar-refractivity contribution in [1.29, 1.82) is 0 Å². The van der Waals surface area contributed by atoms with Crippen LogP contribution < -0.4 is 5.32 Å². The standard InChI is InChI=1S/C14H28N2O3/c1-11(2)10-16(12(3)4)14(19)15-9-7-5-6-8-13(17)18/h11-12H,5-10H2,1-4H3,(H,15,19)(H,17,18). The van der Waals surface area contributed by atoms with Gasteiger partial charge in [-0.25, -0.2) is 4.79 Å². The van der Waals surface area contributed by atoms with E-state index < -0.39 is 5.97 Å². The first-order chi connectivity index (χ1) is 8.84. The summed E-state index contributed by atoms with van der Waals surface area (Å²) in [4.78, 5) is 24.1. The third kappa shape index (κ3) is 9.33. The zero-order chi connectivity index (χ0) is 14.8. The molecule has 0 aromatic carbocycles. The van der Waals surface area contributed by atoms with E-state index in [-0.39, 0.29) is 18.5 Å². The molecule has 0 aliphatic heterocycles. The van der Waals surface area contributed by atoms with Crippen LogP contribution in [0.25, 0.3) is 0 Å². The van der Waals surface area contributed by atoms with Crippen LogP contribution in [0.5, 0.6) is 0 Å². The van der Waals surface area contributed by atoms with Gasteiger partial charge >= 0.3 is 12.0 Å². The lowest BCUT2D eigenvalue weighted by molar-refractivity contribution is -0.137. The number of carbonyl (C=O) groups is 2. The summed E-state index contributed by atoms with van der Waals surface area (Å²) in [6.07, 6.45) is 2.54. The number of carboxylic acids is 1. The van der Waals surface area contributed by atoms with E-state index in [1.807, 2.05) is 18.7 Å². The van der Waals surface area contributed by atoms with Crippen LogP contribution in [0.3, 0.4) is 0 Å². The predicted octanol–water partition coefficient (Wildman–Crippen LogP) is 2.71. The van der Waals surface area contributed by atoms with Crippen molar-refractivity contribution < 1.29 is 14.7 Å². The number of carboxylic acid groups (broad SMARTS) is 1. The Bertz CT molecular complexity index is 278. The van der Waals surface area contributed by atoms with Crippen molar-refractivity contribution in [1.82, 2.24) is 10.2 Å². The molecule has 0 aliphatic rings. The highest BCUT2D eigenvalue weighted by Gasteiger charge is 2.17. The number of urea groups is 1. The normalized spacial score (nSPS) is 10.8. The SMILES string of the molecule is CC(C)CN(C(=O)NCCCCCC(=O)O)C(C)C. The monoisotopic (exact) mass is 272 g/mol. The molecular formula is C14H28N2O3. The molecule has 0 atom stereocenters. The first-order valence-corrected chi connectivity index (χ1v) is 7.10.